The zero-order chi connectivity index (χ0) is 46.8. The van der Waals surface area contributed by atoms with Crippen LogP contribution in [0.5, 0.6) is 11.5 Å². The minimum Gasteiger partial charge on any atom is -0.457 e. The number of nitrogens with zero attached hydrogens (tertiary/aromatic N) is 1. The molecule has 0 bridgehead atoms. The summed E-state index contributed by atoms with van der Waals surface area (Å²) >= 11 is 0. The van der Waals surface area contributed by atoms with Gasteiger partial charge in [-0.15, -0.1) is 0 Å². The van der Waals surface area contributed by atoms with Crippen molar-refractivity contribution >= 4 is 46.8 Å². The van der Waals surface area contributed by atoms with Crippen LogP contribution in [0.1, 0.15) is 65.2 Å². The molecule has 5 N–H and O–H groups in total. The molecule has 5 amide bonds. The van der Waals surface area contributed by atoms with Gasteiger partial charge in [-0.2, -0.15) is 0 Å². The van der Waals surface area contributed by atoms with Gasteiger partial charge >= 0.3 is 0 Å². The van der Waals surface area contributed by atoms with E-state index in [4.69, 9.17) is 14.2 Å². The third-order valence-electron chi connectivity index (χ3n) is 14.4. The lowest BCUT2D eigenvalue weighted by molar-refractivity contribution is -0.235. The van der Waals surface area contributed by atoms with E-state index in [1.165, 1.54) is 32.9 Å². The minimum absolute atomic E-state index is 0.00946. The number of ether oxygens (including phenoxy) is 3. The van der Waals surface area contributed by atoms with E-state index in [-0.39, 0.29) is 37.8 Å². The Morgan fingerprint density at radius 2 is 1.52 bits per heavy atom. The molecule has 2 aromatic rings. The Bertz CT molecular complexity index is 2410. The van der Waals surface area contributed by atoms with E-state index in [0.29, 0.717) is 22.7 Å². The third-order valence-corrected chi connectivity index (χ3v) is 14.4. The SMILES string of the molecule is C[C@H](NC(=O)CCN1C(=O)C=CC1=O)C(=O)N[C@@H](C)C(=O)Nc1ccc(Oc2ccc([C@@H]3O[C@@H]4C[C@H]5[C@@H]6C[C@H](F)C7=CC(=O)C=C[C@]7(C)[C@@]6(F)[C@@H](O)C[C@]5(C)[C@]4(C(=O)CO)O3)cc2)cc1. The Morgan fingerprint density at radius 3 is 2.17 bits per heavy atom. The molecule has 18 heteroatoms. The van der Waals surface area contributed by atoms with Crippen molar-refractivity contribution in [3.8, 4) is 11.5 Å². The number of aliphatic hydroxyl groups excluding tert-OH is 2. The van der Waals surface area contributed by atoms with Crippen LogP contribution in [0.15, 0.2) is 84.5 Å². The number of hydrogen-bond donors (Lipinski definition) is 5. The van der Waals surface area contributed by atoms with Gasteiger partial charge in [0.25, 0.3) is 11.8 Å². The van der Waals surface area contributed by atoms with E-state index in [1.807, 2.05) is 0 Å². The largest absolute Gasteiger partial charge is 0.457 e. The third kappa shape index (κ3) is 7.49. The zero-order valence-corrected chi connectivity index (χ0v) is 36.0. The second-order valence-electron chi connectivity index (χ2n) is 18.1. The summed E-state index contributed by atoms with van der Waals surface area (Å²) in [5.41, 5.74) is -6.12. The maximum Gasteiger partial charge on any atom is 0.253 e. The molecule has 8 rings (SSSR count). The summed E-state index contributed by atoms with van der Waals surface area (Å²) in [6, 6.07) is 11.1. The number of hydrogen-bond acceptors (Lipinski definition) is 12. The van der Waals surface area contributed by atoms with Crippen LogP contribution in [-0.4, -0.2) is 111 Å². The van der Waals surface area contributed by atoms with Crippen molar-refractivity contribution in [3.63, 3.8) is 0 Å². The van der Waals surface area contributed by atoms with Crippen LogP contribution >= 0.6 is 0 Å². The molecule has 0 spiro atoms. The molecule has 12 atom stereocenters. The van der Waals surface area contributed by atoms with Gasteiger partial charge in [0.1, 0.15) is 36.4 Å². The van der Waals surface area contributed by atoms with Crippen LogP contribution in [0.4, 0.5) is 14.5 Å². The van der Waals surface area contributed by atoms with Crippen LogP contribution in [-0.2, 0) is 43.0 Å². The summed E-state index contributed by atoms with van der Waals surface area (Å²) < 4.78 is 52.6. The lowest BCUT2D eigenvalue weighted by atomic mass is 9.44. The predicted molar refractivity (Wildman–Crippen MR) is 225 cm³/mol. The molecule has 4 aliphatic carbocycles. The normalized spacial score (nSPS) is 34.1. The number of carbonyl (C=O) groups excluding carboxylic acids is 7. The summed E-state index contributed by atoms with van der Waals surface area (Å²) in [5.74, 6) is -4.83. The van der Waals surface area contributed by atoms with E-state index in [2.05, 4.69) is 16.0 Å². The number of fused-ring (bicyclic) bond motifs is 7. The first kappa shape index (κ1) is 45.6. The molecular weight excluding hydrogens is 851 g/mol. The average molecular weight is 901 g/mol. The quantitative estimate of drug-likeness (QED) is 0.183. The molecule has 344 valence electrons. The highest BCUT2D eigenvalue weighted by Crippen LogP contribution is 2.72. The molecule has 3 saturated carbocycles. The first-order chi connectivity index (χ1) is 30.7. The van der Waals surface area contributed by atoms with Crippen LogP contribution in [0.2, 0.25) is 0 Å². The van der Waals surface area contributed by atoms with Crippen molar-refractivity contribution in [2.24, 2.45) is 22.7 Å². The Balaban J connectivity index is 0.866. The van der Waals surface area contributed by atoms with Gasteiger partial charge in [0.15, 0.2) is 29.1 Å². The van der Waals surface area contributed by atoms with Crippen LogP contribution in [0.3, 0.4) is 0 Å². The average Bonchev–Trinajstić information content (AvgIpc) is 3.90. The number of benzene rings is 2. The summed E-state index contributed by atoms with van der Waals surface area (Å²) in [7, 11) is 0. The maximum absolute atomic E-state index is 17.7. The van der Waals surface area contributed by atoms with Gasteiger partial charge in [-0.3, -0.25) is 38.5 Å². The second kappa shape index (κ2) is 16.8. The second-order valence-corrected chi connectivity index (χ2v) is 18.1. The van der Waals surface area contributed by atoms with Crippen LogP contribution in [0.25, 0.3) is 0 Å². The minimum atomic E-state index is -2.36. The molecule has 65 heavy (non-hydrogen) atoms. The summed E-state index contributed by atoms with van der Waals surface area (Å²) in [6.45, 7) is 5.07. The van der Waals surface area contributed by atoms with Gasteiger partial charge in [0.05, 0.1) is 12.2 Å². The fraction of sp³-hybridized carbons (Fsp3) is 0.468. The number of aliphatic hydroxyl groups is 2. The lowest BCUT2D eigenvalue weighted by Gasteiger charge is -2.63. The lowest BCUT2D eigenvalue weighted by Crippen LogP contribution is -2.70. The number of allylic oxidation sites excluding steroid dienone is 4. The van der Waals surface area contributed by atoms with E-state index >= 15 is 8.78 Å². The molecule has 2 heterocycles. The Kier molecular flexibility index (Phi) is 11.8. The van der Waals surface area contributed by atoms with Gasteiger partial charge in [-0.05, 0) is 100 Å². The van der Waals surface area contributed by atoms with Gasteiger partial charge in [0, 0.05) is 53.1 Å². The Hall–Kier alpha value is -5.95. The van der Waals surface area contributed by atoms with E-state index in [9.17, 15) is 43.8 Å². The number of ketones is 2. The molecule has 0 radical (unpaired) electrons. The van der Waals surface area contributed by atoms with E-state index in [1.54, 1.807) is 55.5 Å². The molecule has 2 aliphatic heterocycles. The number of nitrogens with one attached hydrogen (secondary N) is 3. The number of amides is 5. The van der Waals surface area contributed by atoms with Gasteiger partial charge in [-0.1, -0.05) is 25.1 Å². The first-order valence-electron chi connectivity index (χ1n) is 21.5. The molecule has 6 aliphatic rings. The van der Waals surface area contributed by atoms with Gasteiger partial charge in [-0.25, -0.2) is 8.78 Å². The van der Waals surface area contributed by atoms with Crippen molar-refractivity contribution in [1.82, 2.24) is 15.5 Å². The highest BCUT2D eigenvalue weighted by Gasteiger charge is 2.80. The topological polar surface area (TPSA) is 227 Å². The van der Waals surface area contributed by atoms with Crippen molar-refractivity contribution in [3.05, 3.63) is 90.0 Å². The summed E-state index contributed by atoms with van der Waals surface area (Å²) in [4.78, 5) is 88.2. The molecule has 0 aromatic heterocycles. The standard InChI is InChI=1S/C47H50F2N4O12/c1-24(50-38(58)16-18-53-39(59)13-14-40(53)60)41(61)51-25(2)42(62)52-27-7-11-30(12-8-27)63-29-9-5-26(6-10-29)43-64-37-21-31-32-20-34(48)33-19-28(55)15-17-44(33,3)46(32,49)35(56)22-45(31,4)47(37,65-43)36(57)23-54/h5-15,17,19,24-25,31-32,34-35,37,43,54,56H,16,18,20-23H2,1-4H3,(H,50,58)(H,51,61)(H,52,62)/t24-,25-,31-,32-,34-,35-,37+,43+,44-,45-,46-,47+/m0/s1. The van der Waals surface area contributed by atoms with Gasteiger partial charge in [0.2, 0.25) is 17.7 Å². The maximum atomic E-state index is 17.7. The van der Waals surface area contributed by atoms with Crippen molar-refractivity contribution in [1.29, 1.82) is 0 Å². The fourth-order valence-corrected chi connectivity index (χ4v) is 11.0. The Labute approximate surface area is 372 Å². The van der Waals surface area contributed by atoms with Crippen LogP contribution < -0.4 is 20.7 Å². The Morgan fingerprint density at radius 1 is 0.892 bits per heavy atom. The number of alkyl halides is 2. The molecule has 4 fully saturated rings. The monoisotopic (exact) mass is 900 g/mol. The highest BCUT2D eigenvalue weighted by molar-refractivity contribution is 6.13. The zero-order valence-electron chi connectivity index (χ0n) is 36.0. The van der Waals surface area contributed by atoms with Crippen molar-refractivity contribution < 1.29 is 66.8 Å². The number of rotatable bonds is 13. The molecule has 0 unspecified atom stereocenters. The number of Topliss-reactive ketones (excluding diaryl/α,β-unsaturated/α-hetero) is 1. The predicted octanol–water partition coefficient (Wildman–Crippen LogP) is 3.38. The van der Waals surface area contributed by atoms with E-state index in [0.717, 1.165) is 23.1 Å². The number of carbonyl (C=O) groups is 7. The summed E-state index contributed by atoms with van der Waals surface area (Å²) in [6.07, 6.45) is -0.141. The first-order valence-corrected chi connectivity index (χ1v) is 21.5. The fourth-order valence-electron chi connectivity index (χ4n) is 11.0. The number of imide groups is 1. The number of halogens is 2. The molecule has 1 saturated heterocycles. The van der Waals surface area contributed by atoms with Crippen molar-refractivity contribution in [2.75, 3.05) is 18.5 Å². The molecule has 2 aromatic carbocycles. The van der Waals surface area contributed by atoms with Gasteiger partial charge < -0.3 is 40.4 Å². The molecule has 16 nitrogen and oxygen atoms in total. The van der Waals surface area contributed by atoms with Crippen LogP contribution in [0, 0.1) is 22.7 Å². The molecular formula is C47H50F2N4O12. The smallest absolute Gasteiger partial charge is 0.253 e. The number of anilines is 1. The van der Waals surface area contributed by atoms with E-state index < -0.39 is 118 Å². The summed E-state index contributed by atoms with van der Waals surface area (Å²) in [5, 5.41) is 29.8. The highest BCUT2D eigenvalue weighted by atomic mass is 19.1. The van der Waals surface area contributed by atoms with Crippen molar-refractivity contribution in [2.45, 2.75) is 101 Å².